The van der Waals surface area contributed by atoms with Crippen LogP contribution in [0.4, 0.5) is 5.69 Å². The molecule has 0 heterocycles. The fraction of sp³-hybridized carbons (Fsp3) is 0.167. The van der Waals surface area contributed by atoms with Gasteiger partial charge in [0.05, 0.1) is 10.5 Å². The lowest BCUT2D eigenvalue weighted by molar-refractivity contribution is -0.384. The number of nitro benzene ring substituents is 1. The summed E-state index contributed by atoms with van der Waals surface area (Å²) in [7, 11) is 0. The molecule has 0 saturated carbocycles. The first-order chi connectivity index (χ1) is 9.36. The van der Waals surface area contributed by atoms with Gasteiger partial charge in [-0.25, -0.2) is 4.79 Å². The Bertz CT molecular complexity index is 573. The molecular formula is C12H11IN2O5. The average Bonchev–Trinajstić information content (AvgIpc) is 2.38. The van der Waals surface area contributed by atoms with Gasteiger partial charge in [0, 0.05) is 15.7 Å². The summed E-state index contributed by atoms with van der Waals surface area (Å²) in [6, 6.07) is 2.70. The summed E-state index contributed by atoms with van der Waals surface area (Å²) in [4.78, 5) is 33.0. The van der Waals surface area contributed by atoms with Crippen molar-refractivity contribution in [3.8, 4) is 0 Å². The van der Waals surface area contributed by atoms with Gasteiger partial charge in [0.2, 0.25) is 0 Å². The van der Waals surface area contributed by atoms with Crippen LogP contribution < -0.4 is 5.32 Å². The Hall–Kier alpha value is -1.97. The predicted molar refractivity (Wildman–Crippen MR) is 79.5 cm³/mol. The molecule has 2 N–H and O–H groups in total. The van der Waals surface area contributed by atoms with E-state index in [1.807, 2.05) is 22.6 Å². The molecule has 0 spiro atoms. The van der Waals surface area contributed by atoms with E-state index in [0.717, 1.165) is 6.07 Å². The van der Waals surface area contributed by atoms with Crippen LogP contribution in [0.5, 0.6) is 0 Å². The van der Waals surface area contributed by atoms with Crippen molar-refractivity contribution in [2.75, 3.05) is 0 Å². The van der Waals surface area contributed by atoms with Crippen molar-refractivity contribution in [3.05, 3.63) is 50.1 Å². The normalized spacial score (nSPS) is 11.4. The first-order valence-corrected chi connectivity index (χ1v) is 6.53. The zero-order valence-corrected chi connectivity index (χ0v) is 12.4. The van der Waals surface area contributed by atoms with E-state index in [1.54, 1.807) is 0 Å². The van der Waals surface area contributed by atoms with Gasteiger partial charge in [-0.05, 0) is 35.1 Å². The number of carbonyl (C=O) groups is 2. The maximum absolute atomic E-state index is 12.0. The fourth-order valence-corrected chi connectivity index (χ4v) is 2.01. The van der Waals surface area contributed by atoms with Gasteiger partial charge in [0.1, 0.15) is 6.04 Å². The van der Waals surface area contributed by atoms with Crippen LogP contribution in [0.2, 0.25) is 0 Å². The van der Waals surface area contributed by atoms with Crippen molar-refractivity contribution < 1.29 is 19.6 Å². The first kappa shape index (κ1) is 16.1. The van der Waals surface area contributed by atoms with E-state index in [2.05, 4.69) is 11.9 Å². The van der Waals surface area contributed by atoms with Gasteiger partial charge in [0.25, 0.3) is 11.6 Å². The highest BCUT2D eigenvalue weighted by Gasteiger charge is 2.22. The smallest absolute Gasteiger partial charge is 0.326 e. The molecule has 0 bridgehead atoms. The number of halogens is 1. The van der Waals surface area contributed by atoms with Gasteiger partial charge in [0.15, 0.2) is 0 Å². The zero-order valence-electron chi connectivity index (χ0n) is 10.2. The number of non-ortho nitro benzene ring substituents is 1. The zero-order chi connectivity index (χ0) is 15.3. The van der Waals surface area contributed by atoms with Crippen LogP contribution in [-0.4, -0.2) is 27.9 Å². The van der Waals surface area contributed by atoms with Gasteiger partial charge in [-0.3, -0.25) is 14.9 Å². The maximum atomic E-state index is 12.0. The highest BCUT2D eigenvalue weighted by molar-refractivity contribution is 14.1. The molecule has 1 aromatic rings. The number of nitro groups is 1. The Morgan fingerprint density at radius 3 is 2.70 bits per heavy atom. The number of hydrogen-bond acceptors (Lipinski definition) is 4. The van der Waals surface area contributed by atoms with Crippen molar-refractivity contribution in [2.45, 2.75) is 12.5 Å². The number of amides is 1. The number of nitrogens with one attached hydrogen (secondary N) is 1. The number of carboxylic acids is 1. The van der Waals surface area contributed by atoms with Crippen LogP contribution in [-0.2, 0) is 4.79 Å². The Balaban J connectivity index is 3.02. The molecule has 0 radical (unpaired) electrons. The summed E-state index contributed by atoms with van der Waals surface area (Å²) in [5.74, 6) is -1.87. The molecule has 106 valence electrons. The molecule has 8 heteroatoms. The molecule has 7 nitrogen and oxygen atoms in total. The predicted octanol–water partition coefficient (Wildman–Crippen LogP) is 1.96. The second kappa shape index (κ2) is 6.98. The standard InChI is InChI=1S/C12H11IN2O5/c1-2-3-10(12(17)18)14-11(16)8-6-7(15(19)20)4-5-9(8)13/h2,4-6,10H,1,3H2,(H,14,16)(H,17,18). The molecule has 0 aliphatic heterocycles. The molecule has 1 atom stereocenters. The number of carboxylic acid groups (broad SMARTS) is 1. The number of benzene rings is 1. The monoisotopic (exact) mass is 390 g/mol. The lowest BCUT2D eigenvalue weighted by Crippen LogP contribution is -2.40. The van der Waals surface area contributed by atoms with Crippen molar-refractivity contribution >= 4 is 40.2 Å². The molecule has 1 aromatic carbocycles. The molecule has 0 fully saturated rings. The Labute approximate surface area is 128 Å². The van der Waals surface area contributed by atoms with Gasteiger partial charge in [-0.15, -0.1) is 6.58 Å². The third kappa shape index (κ3) is 4.02. The lowest BCUT2D eigenvalue weighted by Gasteiger charge is -2.13. The topological polar surface area (TPSA) is 110 Å². The van der Waals surface area contributed by atoms with Gasteiger partial charge >= 0.3 is 5.97 Å². The van der Waals surface area contributed by atoms with Gasteiger partial charge in [-0.2, -0.15) is 0 Å². The molecule has 0 aliphatic rings. The van der Waals surface area contributed by atoms with E-state index in [9.17, 15) is 19.7 Å². The maximum Gasteiger partial charge on any atom is 0.326 e. The molecule has 1 rings (SSSR count). The third-order valence-electron chi connectivity index (χ3n) is 2.41. The summed E-state index contributed by atoms with van der Waals surface area (Å²) in [6.07, 6.45) is 1.43. The van der Waals surface area contributed by atoms with E-state index in [4.69, 9.17) is 5.11 Å². The van der Waals surface area contributed by atoms with Crippen LogP contribution in [0.3, 0.4) is 0 Å². The summed E-state index contributed by atoms with van der Waals surface area (Å²) in [5.41, 5.74) is -0.165. The quantitative estimate of drug-likeness (QED) is 0.334. The van der Waals surface area contributed by atoms with E-state index in [-0.39, 0.29) is 17.7 Å². The minimum absolute atomic E-state index is 0.0621. The van der Waals surface area contributed by atoms with Crippen molar-refractivity contribution in [3.63, 3.8) is 0 Å². The fourth-order valence-electron chi connectivity index (χ4n) is 1.42. The molecule has 0 saturated heterocycles. The molecule has 1 amide bonds. The van der Waals surface area contributed by atoms with E-state index in [0.29, 0.717) is 3.57 Å². The Morgan fingerprint density at radius 1 is 1.55 bits per heavy atom. The van der Waals surface area contributed by atoms with Crippen LogP contribution in [0, 0.1) is 13.7 Å². The first-order valence-electron chi connectivity index (χ1n) is 5.45. The highest BCUT2D eigenvalue weighted by Crippen LogP contribution is 2.19. The number of carbonyl (C=O) groups excluding carboxylic acids is 1. The average molecular weight is 390 g/mol. The van der Waals surface area contributed by atoms with Gasteiger partial charge < -0.3 is 10.4 Å². The molecule has 0 aliphatic carbocycles. The van der Waals surface area contributed by atoms with Crippen molar-refractivity contribution in [1.82, 2.24) is 5.32 Å². The summed E-state index contributed by atoms with van der Waals surface area (Å²) in [5, 5.41) is 21.9. The minimum atomic E-state index is -1.20. The number of nitrogens with zero attached hydrogens (tertiary/aromatic N) is 1. The molecule has 20 heavy (non-hydrogen) atoms. The summed E-state index contributed by atoms with van der Waals surface area (Å²) < 4.78 is 0.494. The second-order valence-corrected chi connectivity index (χ2v) is 4.97. The minimum Gasteiger partial charge on any atom is -0.480 e. The largest absolute Gasteiger partial charge is 0.480 e. The number of hydrogen-bond donors (Lipinski definition) is 2. The number of rotatable bonds is 6. The molecular weight excluding hydrogens is 379 g/mol. The van der Waals surface area contributed by atoms with Crippen LogP contribution in [0.1, 0.15) is 16.8 Å². The van der Waals surface area contributed by atoms with Gasteiger partial charge in [-0.1, -0.05) is 6.08 Å². The summed E-state index contributed by atoms with van der Waals surface area (Å²) in [6.45, 7) is 3.41. The Kier molecular flexibility index (Phi) is 5.62. The number of aliphatic carboxylic acids is 1. The molecule has 0 aromatic heterocycles. The lowest BCUT2D eigenvalue weighted by atomic mass is 10.1. The Morgan fingerprint density at radius 2 is 2.20 bits per heavy atom. The van der Waals surface area contributed by atoms with Crippen LogP contribution in [0.25, 0.3) is 0 Å². The van der Waals surface area contributed by atoms with E-state index in [1.165, 1.54) is 18.2 Å². The summed E-state index contributed by atoms with van der Waals surface area (Å²) >= 11 is 1.85. The van der Waals surface area contributed by atoms with Crippen molar-refractivity contribution in [2.24, 2.45) is 0 Å². The second-order valence-electron chi connectivity index (χ2n) is 3.81. The van der Waals surface area contributed by atoms with E-state index >= 15 is 0 Å². The van der Waals surface area contributed by atoms with E-state index < -0.39 is 22.8 Å². The van der Waals surface area contributed by atoms with Crippen LogP contribution >= 0.6 is 22.6 Å². The SMILES string of the molecule is C=CCC(NC(=O)c1cc([N+](=O)[O-])ccc1I)C(=O)O. The third-order valence-corrected chi connectivity index (χ3v) is 3.35. The van der Waals surface area contributed by atoms with Crippen LogP contribution in [0.15, 0.2) is 30.9 Å². The molecule has 1 unspecified atom stereocenters. The van der Waals surface area contributed by atoms with Crippen molar-refractivity contribution in [1.29, 1.82) is 0 Å². The highest BCUT2D eigenvalue weighted by atomic mass is 127.